The average Bonchev–Trinajstić information content (AvgIpc) is 0.849. The molecular formula is C96H81BN6. The monoisotopic (exact) mass is 1340 g/mol. The number of hydrogen-bond donors (Lipinski definition) is 0. The largest absolute Gasteiger partial charge is 0.310 e. The van der Waals surface area contributed by atoms with Crippen molar-refractivity contribution in [3.8, 4) is 68.0 Å². The van der Waals surface area contributed by atoms with Crippen LogP contribution in [0.5, 0.6) is 0 Å². The number of rotatable bonds is 8. The molecular weight excluding hydrogens is 1250 g/mol. The summed E-state index contributed by atoms with van der Waals surface area (Å²) in [6.07, 6.45) is 0. The van der Waals surface area contributed by atoms with Crippen molar-refractivity contribution in [3.05, 3.63) is 306 Å². The fourth-order valence-electron chi connectivity index (χ4n) is 15.6. The summed E-state index contributed by atoms with van der Waals surface area (Å²) >= 11 is 0. The second-order valence-corrected chi connectivity index (χ2v) is 31.8. The fraction of sp³-hybridized carbons (Fsp3) is 0.167. The van der Waals surface area contributed by atoms with Crippen LogP contribution in [-0.4, -0.2) is 15.8 Å². The number of anilines is 6. The van der Waals surface area contributed by atoms with Gasteiger partial charge in [0, 0.05) is 50.0 Å². The Morgan fingerprint density at radius 3 is 1.30 bits per heavy atom. The highest BCUT2D eigenvalue weighted by molar-refractivity contribution is 7.00. The lowest BCUT2D eigenvalue weighted by atomic mass is 9.33. The quantitative estimate of drug-likeness (QED) is 0.142. The van der Waals surface area contributed by atoms with Crippen molar-refractivity contribution in [2.24, 2.45) is 0 Å². The van der Waals surface area contributed by atoms with E-state index in [1.54, 1.807) is 0 Å². The summed E-state index contributed by atoms with van der Waals surface area (Å²) in [6, 6.07) is 76.8. The summed E-state index contributed by atoms with van der Waals surface area (Å²) in [5, 5.41) is 28.7. The van der Waals surface area contributed by atoms with Gasteiger partial charge in [-0.25, -0.2) is 0 Å². The van der Waals surface area contributed by atoms with E-state index >= 15 is 0 Å². The van der Waals surface area contributed by atoms with E-state index in [1.807, 2.05) is 124 Å². The van der Waals surface area contributed by atoms with E-state index in [4.69, 9.17) is 4.11 Å². The lowest BCUT2D eigenvalue weighted by molar-refractivity contribution is 0.569. The Balaban J connectivity index is 1.07. The van der Waals surface area contributed by atoms with Crippen LogP contribution in [0.15, 0.2) is 273 Å². The zero-order valence-corrected chi connectivity index (χ0v) is 60.0. The molecule has 0 bridgehead atoms. The standard InChI is InChI=1S/C96H81BN6/c1-93(2,3)69-30-24-28-61(46-69)67-52-86(101-83-38-22-18-34-76(83)77-35-19-23-39-84(77)101)78(59-99)87(53-67)103-89-50-63(60-26-14-13-15-27-60)41-44-80(89)97-79-45-42-64(66-48-71(95(7,8)9)56-72(49-66)96(10,11)12)51-88(79)102(90-54-68(55-91(103)92(90)97)62-29-25-31-70(47-62)94(4,5)6)85-57-73(43-40-65(85)58-98)100-81-36-20-16-32-74(81)75-33-17-21-37-82(75)100/h13-57H,1-12H3/i13D,14D,15D,24D,26D,27D,28D,30D,46D. The van der Waals surface area contributed by atoms with E-state index in [2.05, 4.69) is 209 Å². The molecule has 0 amide bonds. The van der Waals surface area contributed by atoms with Crippen molar-refractivity contribution in [1.29, 1.82) is 10.5 Å². The first-order chi connectivity index (χ1) is 53.3. The summed E-state index contributed by atoms with van der Waals surface area (Å²) in [6.45, 7) is 25.0. The molecule has 0 N–H and O–H groups in total. The van der Waals surface area contributed by atoms with Crippen LogP contribution in [0, 0.1) is 22.7 Å². The van der Waals surface area contributed by atoms with Gasteiger partial charge in [-0.3, -0.25) is 0 Å². The van der Waals surface area contributed by atoms with Gasteiger partial charge in [0.15, 0.2) is 0 Å². The molecule has 0 saturated heterocycles. The van der Waals surface area contributed by atoms with Crippen LogP contribution >= 0.6 is 0 Å². The van der Waals surface area contributed by atoms with E-state index in [-0.39, 0.29) is 62.7 Å². The Morgan fingerprint density at radius 1 is 0.320 bits per heavy atom. The third kappa shape index (κ3) is 10.7. The molecule has 15 aromatic rings. The van der Waals surface area contributed by atoms with Crippen molar-refractivity contribution >= 4 is 101 Å². The normalized spacial score (nSPS) is 14.2. The van der Waals surface area contributed by atoms with Crippen LogP contribution in [0.4, 0.5) is 34.1 Å². The number of nitrogens with zero attached hydrogens (tertiary/aromatic N) is 6. The van der Waals surface area contributed by atoms with Gasteiger partial charge >= 0.3 is 0 Å². The van der Waals surface area contributed by atoms with Gasteiger partial charge < -0.3 is 18.9 Å². The molecule has 4 heterocycles. The lowest BCUT2D eigenvalue weighted by Gasteiger charge is -2.45. The molecule has 2 aliphatic rings. The molecule has 13 aromatic carbocycles. The van der Waals surface area contributed by atoms with E-state index in [0.717, 1.165) is 99.2 Å². The highest BCUT2D eigenvalue weighted by Gasteiger charge is 2.45. The average molecular weight is 1340 g/mol. The molecule has 103 heavy (non-hydrogen) atoms. The minimum Gasteiger partial charge on any atom is -0.310 e. The summed E-state index contributed by atoms with van der Waals surface area (Å²) < 4.78 is 90.1. The number of fused-ring (bicyclic) bond motifs is 10. The Hall–Kier alpha value is -11.9. The molecule has 0 saturated carbocycles. The highest BCUT2D eigenvalue weighted by atomic mass is 15.2. The summed E-state index contributed by atoms with van der Waals surface area (Å²) in [5.74, 6) is 0. The summed E-state index contributed by atoms with van der Waals surface area (Å²) in [5.41, 5.74) is 17.4. The van der Waals surface area contributed by atoms with Crippen molar-refractivity contribution < 1.29 is 12.3 Å². The smallest absolute Gasteiger partial charge is 0.252 e. The number of aromatic nitrogens is 2. The van der Waals surface area contributed by atoms with Crippen molar-refractivity contribution in [2.45, 2.75) is 105 Å². The topological polar surface area (TPSA) is 63.9 Å². The van der Waals surface area contributed by atoms with Gasteiger partial charge in [0.25, 0.3) is 6.71 Å². The zero-order valence-electron chi connectivity index (χ0n) is 69.0. The van der Waals surface area contributed by atoms with Gasteiger partial charge in [-0.2, -0.15) is 10.5 Å². The first kappa shape index (κ1) is 54.9. The van der Waals surface area contributed by atoms with Gasteiger partial charge in [0.05, 0.1) is 57.0 Å². The second kappa shape index (κ2) is 23.9. The molecule has 0 fully saturated rings. The molecule has 2 aliphatic heterocycles. The van der Waals surface area contributed by atoms with Crippen LogP contribution in [-0.2, 0) is 21.7 Å². The third-order valence-electron chi connectivity index (χ3n) is 21.0. The molecule has 498 valence electrons. The lowest BCUT2D eigenvalue weighted by Crippen LogP contribution is -2.61. The Labute approximate surface area is 618 Å². The van der Waals surface area contributed by atoms with Gasteiger partial charge in [-0.15, -0.1) is 0 Å². The SMILES string of the molecule is [2H]c1c([2H])c([2H])c(-c2ccc3c(c2)N(c2cc(-c4c([2H])c([2H])c([2H])c(C(C)(C)C)c4[2H])cc(-n4c5ccccc5c5ccccc54)c2C#N)c2cc(-c4cccc(C(C)(C)C)c4)cc4c2B3c2ccc(-c3cc(C(C)(C)C)cc(C(C)(C)C)c3)cc2N4c2cc(-n3c4ccccc4c4ccccc43)ccc2C#N)c([2H])c1[2H]. The van der Waals surface area contributed by atoms with E-state index in [9.17, 15) is 18.7 Å². The van der Waals surface area contributed by atoms with Crippen LogP contribution in [0.2, 0.25) is 0 Å². The van der Waals surface area contributed by atoms with Crippen LogP contribution in [0.3, 0.4) is 0 Å². The van der Waals surface area contributed by atoms with E-state index < -0.39 is 42.3 Å². The Kier molecular flexibility index (Phi) is 12.7. The van der Waals surface area contributed by atoms with Crippen LogP contribution < -0.4 is 26.2 Å². The maximum absolute atomic E-state index is 12.8. The molecule has 7 heteroatoms. The van der Waals surface area contributed by atoms with Crippen molar-refractivity contribution in [3.63, 3.8) is 0 Å². The van der Waals surface area contributed by atoms with Gasteiger partial charge in [0.2, 0.25) is 0 Å². The molecule has 17 rings (SSSR count). The van der Waals surface area contributed by atoms with Crippen LogP contribution in [0.25, 0.3) is 99.5 Å². The Bertz CT molecular complexity index is 6520. The first-order valence-corrected chi connectivity index (χ1v) is 35.4. The molecule has 0 unspecified atom stereocenters. The van der Waals surface area contributed by atoms with Gasteiger partial charge in [-0.05, 0) is 184 Å². The molecule has 0 radical (unpaired) electrons. The molecule has 0 aliphatic carbocycles. The summed E-state index contributed by atoms with van der Waals surface area (Å²) in [7, 11) is 0. The third-order valence-corrected chi connectivity index (χ3v) is 21.0. The summed E-state index contributed by atoms with van der Waals surface area (Å²) in [4.78, 5) is 4.32. The van der Waals surface area contributed by atoms with Gasteiger partial charge in [0.1, 0.15) is 17.7 Å². The van der Waals surface area contributed by atoms with E-state index in [1.165, 1.54) is 11.1 Å². The number of hydrogen-bond acceptors (Lipinski definition) is 4. The molecule has 0 spiro atoms. The zero-order chi connectivity index (χ0) is 79.0. The molecule has 0 atom stereocenters. The first-order valence-electron chi connectivity index (χ1n) is 39.9. The fourth-order valence-corrected chi connectivity index (χ4v) is 15.6. The van der Waals surface area contributed by atoms with Gasteiger partial charge in [-0.1, -0.05) is 277 Å². The number of nitriles is 2. The highest BCUT2D eigenvalue weighted by Crippen LogP contribution is 2.52. The maximum Gasteiger partial charge on any atom is 0.252 e. The minimum absolute atomic E-state index is 0.0294. The van der Waals surface area contributed by atoms with Crippen LogP contribution in [0.1, 0.15) is 129 Å². The van der Waals surface area contributed by atoms with Crippen molar-refractivity contribution in [1.82, 2.24) is 9.13 Å². The second-order valence-electron chi connectivity index (χ2n) is 31.8. The number of benzene rings is 13. The number of para-hydroxylation sites is 4. The Morgan fingerprint density at radius 2 is 0.767 bits per heavy atom. The minimum atomic E-state index is -0.842. The van der Waals surface area contributed by atoms with Crippen molar-refractivity contribution in [2.75, 3.05) is 9.80 Å². The molecule has 6 nitrogen and oxygen atoms in total. The molecule has 2 aromatic heterocycles. The predicted octanol–water partition coefficient (Wildman–Crippen LogP) is 23.6. The maximum atomic E-state index is 12.8. The predicted molar refractivity (Wildman–Crippen MR) is 435 cm³/mol. The van der Waals surface area contributed by atoms with E-state index in [0.29, 0.717) is 50.8 Å².